The van der Waals surface area contributed by atoms with E-state index in [1.54, 1.807) is 7.11 Å². The van der Waals surface area contributed by atoms with E-state index < -0.39 is 0 Å². The summed E-state index contributed by atoms with van der Waals surface area (Å²) < 4.78 is 5.26. The number of hydrogen-bond donors (Lipinski definition) is 0. The predicted molar refractivity (Wildman–Crippen MR) is 44.6 cm³/mol. The molecule has 0 aromatic carbocycles. The van der Waals surface area contributed by atoms with E-state index in [9.17, 15) is 0 Å². The van der Waals surface area contributed by atoms with E-state index in [-0.39, 0.29) is 4.70 Å². The van der Waals surface area contributed by atoms with Gasteiger partial charge in [-0.25, -0.2) is 0 Å². The number of hydrogen-bond acceptors (Lipinski definition) is 2. The maximum absolute atomic E-state index is 5.26. The van der Waals surface area contributed by atoms with Gasteiger partial charge in [0, 0.05) is 13.2 Å². The Labute approximate surface area is 67.9 Å². The van der Waals surface area contributed by atoms with E-state index in [0.717, 1.165) is 0 Å². The highest BCUT2D eigenvalue weighted by Gasteiger charge is 2.25. The summed E-state index contributed by atoms with van der Waals surface area (Å²) >= 11 is 0. The molecule has 0 bridgehead atoms. The summed E-state index contributed by atoms with van der Waals surface area (Å²) in [7, 11) is 3.96. The molecule has 11 heavy (non-hydrogen) atoms. The third kappa shape index (κ3) is 2.42. The Kier molecular flexibility index (Phi) is 4.61. The molecule has 1 aliphatic heterocycles. The summed E-state index contributed by atoms with van der Waals surface area (Å²) in [6.07, 6.45) is 3.02. The van der Waals surface area contributed by atoms with Crippen molar-refractivity contribution in [3.05, 3.63) is 0 Å². The molecule has 1 rings (SSSR count). The summed E-state index contributed by atoms with van der Waals surface area (Å²) in [5.74, 6) is 0. The first kappa shape index (κ1) is 10.8. The van der Waals surface area contributed by atoms with Crippen molar-refractivity contribution >= 4 is 0 Å². The fourth-order valence-corrected chi connectivity index (χ4v) is 1.69. The molecular weight excluding hydrogens is 145 g/mol. The van der Waals surface area contributed by atoms with Crippen molar-refractivity contribution in [3.63, 3.8) is 0 Å². The molecule has 2 atom stereocenters. The molecule has 0 amide bonds. The lowest BCUT2D eigenvalue weighted by Crippen LogP contribution is -2.35. The molecule has 0 saturated carbocycles. The number of halogens is 1. The Hall–Kier alpha value is -0.150. The highest BCUT2D eigenvalue weighted by atomic mass is 19.0. The summed E-state index contributed by atoms with van der Waals surface area (Å²) in [6, 6.07) is 0.657. The molecule has 0 aliphatic carbocycles. The van der Waals surface area contributed by atoms with Crippen LogP contribution < -0.4 is 0 Å². The van der Waals surface area contributed by atoms with Gasteiger partial charge >= 0.3 is 0 Å². The first-order valence-corrected chi connectivity index (χ1v) is 3.98. The molecule has 3 heteroatoms. The highest BCUT2D eigenvalue weighted by Crippen LogP contribution is 2.18. The van der Waals surface area contributed by atoms with Crippen LogP contribution >= 0.6 is 0 Å². The summed E-state index contributed by atoms with van der Waals surface area (Å²) in [5, 5.41) is 0. The van der Waals surface area contributed by atoms with Gasteiger partial charge in [-0.3, -0.25) is 4.70 Å². The zero-order chi connectivity index (χ0) is 7.56. The molecule has 1 saturated heterocycles. The number of methoxy groups -OCH3 is 1. The minimum Gasteiger partial charge on any atom is -0.380 e. The van der Waals surface area contributed by atoms with Gasteiger partial charge in [-0.2, -0.15) is 0 Å². The fourth-order valence-electron chi connectivity index (χ4n) is 1.69. The minimum atomic E-state index is 0. The third-order valence-corrected chi connectivity index (χ3v) is 2.49. The van der Waals surface area contributed by atoms with Crippen molar-refractivity contribution < 1.29 is 9.44 Å². The first-order chi connectivity index (χ1) is 4.75. The van der Waals surface area contributed by atoms with Gasteiger partial charge in [0.05, 0.1) is 6.10 Å². The van der Waals surface area contributed by atoms with Crippen LogP contribution in [-0.2, 0) is 4.74 Å². The molecule has 1 heterocycles. The lowest BCUT2D eigenvalue weighted by atomic mass is 10.1. The smallest absolute Gasteiger partial charge is 0.0698 e. The van der Waals surface area contributed by atoms with Crippen molar-refractivity contribution in [1.82, 2.24) is 4.90 Å². The highest BCUT2D eigenvalue weighted by molar-refractivity contribution is 4.80. The van der Waals surface area contributed by atoms with Crippen LogP contribution in [0.1, 0.15) is 19.8 Å². The minimum absolute atomic E-state index is 0. The molecule has 0 spiro atoms. The maximum atomic E-state index is 5.26. The van der Waals surface area contributed by atoms with Crippen LogP contribution in [0.3, 0.4) is 0 Å². The van der Waals surface area contributed by atoms with Crippen LogP contribution in [0.15, 0.2) is 0 Å². The molecule has 0 aromatic heterocycles. The lowest BCUT2D eigenvalue weighted by Gasteiger charge is -2.24. The lowest BCUT2D eigenvalue weighted by molar-refractivity contribution is 0.0531. The average molecular weight is 163 g/mol. The third-order valence-electron chi connectivity index (χ3n) is 2.49. The molecule has 0 unspecified atom stereocenters. The molecule has 2 nitrogen and oxygen atoms in total. The molecule has 68 valence electrons. The van der Waals surface area contributed by atoms with E-state index >= 15 is 0 Å². The average Bonchev–Trinajstić information content (AvgIpc) is 2.34. The fraction of sp³-hybridized carbons (Fsp3) is 1.00. The van der Waals surface area contributed by atoms with E-state index in [4.69, 9.17) is 4.74 Å². The van der Waals surface area contributed by atoms with Gasteiger partial charge in [0.25, 0.3) is 0 Å². The number of rotatable bonds is 2. The van der Waals surface area contributed by atoms with Crippen molar-refractivity contribution in [1.29, 1.82) is 0 Å². The standard InChI is InChI=1S/C8H17NO.FH/c1-7(10-3)8-5-4-6-9(8)2;/h7-8H,4-6H2,1-3H3;1H/t7-,8-;/m0./s1. The second kappa shape index (κ2) is 4.67. The number of likely N-dealkylation sites (N-methyl/N-ethyl adjacent to an activating group) is 1. The van der Waals surface area contributed by atoms with Crippen molar-refractivity contribution in [2.45, 2.75) is 31.9 Å². The van der Waals surface area contributed by atoms with Crippen LogP contribution in [-0.4, -0.2) is 37.7 Å². The molecule has 1 fully saturated rings. The van der Waals surface area contributed by atoms with Gasteiger partial charge in [-0.05, 0) is 33.4 Å². The van der Waals surface area contributed by atoms with Gasteiger partial charge in [-0.15, -0.1) is 0 Å². The first-order valence-electron chi connectivity index (χ1n) is 3.98. The van der Waals surface area contributed by atoms with Crippen LogP contribution in [0.25, 0.3) is 0 Å². The van der Waals surface area contributed by atoms with Gasteiger partial charge in [0.1, 0.15) is 0 Å². The molecule has 1 aliphatic rings. The number of ether oxygens (including phenoxy) is 1. The Balaban J connectivity index is 0.000001000. The van der Waals surface area contributed by atoms with Gasteiger partial charge in [0.2, 0.25) is 0 Å². The topological polar surface area (TPSA) is 12.5 Å². The SMILES string of the molecule is CO[C@@H](C)[C@@H]1CCCN1C.F. The van der Waals surface area contributed by atoms with Crippen LogP contribution in [0, 0.1) is 0 Å². The molecular formula is C8H18FNO. The van der Waals surface area contributed by atoms with Crippen LogP contribution in [0.2, 0.25) is 0 Å². The molecule has 0 aromatic rings. The van der Waals surface area contributed by atoms with E-state index in [1.165, 1.54) is 19.4 Å². The largest absolute Gasteiger partial charge is 0.380 e. The summed E-state index contributed by atoms with van der Waals surface area (Å²) in [6.45, 7) is 3.38. The Bertz CT molecular complexity index is 110. The zero-order valence-corrected chi connectivity index (χ0v) is 7.54. The summed E-state index contributed by atoms with van der Waals surface area (Å²) in [4.78, 5) is 2.38. The van der Waals surface area contributed by atoms with Crippen molar-refractivity contribution in [2.24, 2.45) is 0 Å². The van der Waals surface area contributed by atoms with Crippen molar-refractivity contribution in [2.75, 3.05) is 20.7 Å². The van der Waals surface area contributed by atoms with E-state index in [2.05, 4.69) is 18.9 Å². The summed E-state index contributed by atoms with van der Waals surface area (Å²) in [5.41, 5.74) is 0. The Morgan fingerprint density at radius 3 is 2.55 bits per heavy atom. The van der Waals surface area contributed by atoms with Gasteiger partial charge < -0.3 is 9.64 Å². The van der Waals surface area contributed by atoms with E-state index in [0.29, 0.717) is 12.1 Å². The monoisotopic (exact) mass is 163 g/mol. The quantitative estimate of drug-likeness (QED) is 0.608. The second-order valence-corrected chi connectivity index (χ2v) is 3.13. The Morgan fingerprint density at radius 1 is 1.55 bits per heavy atom. The van der Waals surface area contributed by atoms with Crippen LogP contribution in [0.4, 0.5) is 4.70 Å². The predicted octanol–water partition coefficient (Wildman–Crippen LogP) is 1.27. The normalized spacial score (nSPS) is 28.1. The second-order valence-electron chi connectivity index (χ2n) is 3.13. The number of nitrogens with zero attached hydrogens (tertiary/aromatic N) is 1. The van der Waals surface area contributed by atoms with Crippen molar-refractivity contribution in [3.8, 4) is 0 Å². The maximum Gasteiger partial charge on any atom is 0.0698 e. The van der Waals surface area contributed by atoms with Crippen LogP contribution in [0.5, 0.6) is 0 Å². The molecule has 0 N–H and O–H groups in total. The number of likely N-dealkylation sites (tertiary alicyclic amines) is 1. The van der Waals surface area contributed by atoms with E-state index in [1.807, 2.05) is 0 Å². The zero-order valence-electron chi connectivity index (χ0n) is 7.54. The van der Waals surface area contributed by atoms with Gasteiger partial charge in [-0.1, -0.05) is 0 Å². The van der Waals surface area contributed by atoms with Gasteiger partial charge in [0.15, 0.2) is 0 Å². The molecule has 0 radical (unpaired) electrons. The Morgan fingerprint density at radius 2 is 2.18 bits per heavy atom.